The number of carbonyl (C=O) groups is 1. The summed E-state index contributed by atoms with van der Waals surface area (Å²) in [7, 11) is -0.799. The van der Waals surface area contributed by atoms with E-state index in [0.29, 0.717) is 25.1 Å². The van der Waals surface area contributed by atoms with Crippen LogP contribution >= 0.6 is 12.4 Å². The first-order valence-corrected chi connectivity index (χ1v) is 9.94. The maximum Gasteiger partial charge on any atom is 0.246 e. The Hall–Kier alpha value is -1.35. The third-order valence-electron chi connectivity index (χ3n) is 4.46. The number of nitrogens with zero attached hydrogens (tertiary/aromatic N) is 1. The first kappa shape index (κ1) is 22.7. The largest absolute Gasteiger partial charge is 0.492 e. The molecule has 0 spiro atoms. The standard InChI is InChI=1S/C17H27N3O4S.ClH/c1-4-24-14-9-8-13(12-15(14)25(22,23)20(2)3)19-16(21)17(18)10-6-5-7-11-17;/h8-9,12H,4-7,10-11,18H2,1-3H3,(H,19,21);1H. The van der Waals surface area contributed by atoms with Gasteiger partial charge in [-0.3, -0.25) is 4.79 Å². The number of halogens is 1. The molecule has 1 aromatic carbocycles. The Labute approximate surface area is 161 Å². The van der Waals surface area contributed by atoms with Crippen molar-refractivity contribution in [3.8, 4) is 5.75 Å². The zero-order chi connectivity index (χ0) is 18.7. The van der Waals surface area contributed by atoms with Gasteiger partial charge < -0.3 is 15.8 Å². The van der Waals surface area contributed by atoms with Crippen molar-refractivity contribution in [3.63, 3.8) is 0 Å². The molecule has 0 radical (unpaired) electrons. The lowest BCUT2D eigenvalue weighted by Gasteiger charge is -2.31. The predicted octanol–water partition coefficient (Wildman–Crippen LogP) is 2.36. The number of anilines is 1. The molecule has 1 fully saturated rings. The van der Waals surface area contributed by atoms with Crippen molar-refractivity contribution in [1.82, 2.24) is 4.31 Å². The van der Waals surface area contributed by atoms with Crippen LogP contribution in [0.2, 0.25) is 0 Å². The van der Waals surface area contributed by atoms with Crippen LogP contribution in [0.15, 0.2) is 23.1 Å². The Morgan fingerprint density at radius 1 is 1.27 bits per heavy atom. The quantitative estimate of drug-likeness (QED) is 0.756. The van der Waals surface area contributed by atoms with Crippen LogP contribution in [0.4, 0.5) is 5.69 Å². The van der Waals surface area contributed by atoms with E-state index in [9.17, 15) is 13.2 Å². The third-order valence-corrected chi connectivity index (χ3v) is 6.29. The molecule has 0 aromatic heterocycles. The Balaban J connectivity index is 0.00000338. The molecule has 0 unspecified atom stereocenters. The maximum atomic E-state index is 12.6. The second-order valence-corrected chi connectivity index (χ2v) is 8.67. The number of nitrogens with one attached hydrogen (secondary N) is 1. The summed E-state index contributed by atoms with van der Waals surface area (Å²) in [5.74, 6) is -0.0149. The highest BCUT2D eigenvalue weighted by Crippen LogP contribution is 2.31. The summed E-state index contributed by atoms with van der Waals surface area (Å²) >= 11 is 0. The molecule has 0 atom stereocenters. The topological polar surface area (TPSA) is 102 Å². The van der Waals surface area contributed by atoms with Gasteiger partial charge in [0.05, 0.1) is 12.1 Å². The monoisotopic (exact) mass is 405 g/mol. The Kier molecular flexibility index (Phi) is 7.88. The van der Waals surface area contributed by atoms with E-state index in [4.69, 9.17) is 10.5 Å². The predicted molar refractivity (Wildman–Crippen MR) is 104 cm³/mol. The molecule has 2 rings (SSSR count). The van der Waals surface area contributed by atoms with Gasteiger partial charge in [0.2, 0.25) is 15.9 Å². The van der Waals surface area contributed by atoms with Crippen molar-refractivity contribution in [2.75, 3.05) is 26.0 Å². The highest BCUT2D eigenvalue weighted by Gasteiger charge is 2.35. The van der Waals surface area contributed by atoms with Crippen LogP contribution in [0.3, 0.4) is 0 Å². The van der Waals surface area contributed by atoms with E-state index in [2.05, 4.69) is 5.32 Å². The molecular formula is C17H28ClN3O4S. The van der Waals surface area contributed by atoms with Gasteiger partial charge in [0.1, 0.15) is 10.6 Å². The highest BCUT2D eigenvalue weighted by molar-refractivity contribution is 7.89. The second kappa shape index (κ2) is 9.03. The zero-order valence-electron chi connectivity index (χ0n) is 15.4. The lowest BCUT2D eigenvalue weighted by molar-refractivity contribution is -0.122. The second-order valence-electron chi connectivity index (χ2n) is 6.55. The molecule has 3 N–H and O–H groups in total. The molecule has 1 aliphatic rings. The van der Waals surface area contributed by atoms with Crippen LogP contribution in [-0.2, 0) is 14.8 Å². The lowest BCUT2D eigenvalue weighted by atomic mass is 9.82. The summed E-state index contributed by atoms with van der Waals surface area (Å²) in [5.41, 5.74) is 5.74. The van der Waals surface area contributed by atoms with Crippen LogP contribution in [0.5, 0.6) is 5.75 Å². The lowest BCUT2D eigenvalue weighted by Crippen LogP contribution is -2.52. The van der Waals surface area contributed by atoms with E-state index in [1.165, 1.54) is 20.2 Å². The zero-order valence-corrected chi connectivity index (χ0v) is 17.1. The minimum absolute atomic E-state index is 0. The fourth-order valence-electron chi connectivity index (χ4n) is 2.92. The molecule has 9 heteroatoms. The number of rotatable bonds is 6. The summed E-state index contributed by atoms with van der Waals surface area (Å²) in [6.07, 6.45) is 4.21. The van der Waals surface area contributed by atoms with Gasteiger partial charge in [0.15, 0.2) is 0 Å². The summed E-state index contributed by atoms with van der Waals surface area (Å²) in [4.78, 5) is 12.6. The molecule has 1 saturated carbocycles. The van der Waals surface area contributed by atoms with Gasteiger partial charge in [-0.05, 0) is 38.0 Å². The van der Waals surface area contributed by atoms with Crippen LogP contribution < -0.4 is 15.8 Å². The third kappa shape index (κ3) is 4.88. The van der Waals surface area contributed by atoms with E-state index in [-0.39, 0.29) is 29.0 Å². The summed E-state index contributed by atoms with van der Waals surface area (Å²) in [6.45, 7) is 2.12. The van der Waals surface area contributed by atoms with Crippen molar-refractivity contribution in [3.05, 3.63) is 18.2 Å². The van der Waals surface area contributed by atoms with Crippen LogP contribution in [0.25, 0.3) is 0 Å². The van der Waals surface area contributed by atoms with Crippen LogP contribution in [0, 0.1) is 0 Å². The summed E-state index contributed by atoms with van der Waals surface area (Å²) in [6, 6.07) is 4.60. The molecule has 148 valence electrons. The molecular weight excluding hydrogens is 378 g/mol. The van der Waals surface area contributed by atoms with E-state index in [0.717, 1.165) is 23.6 Å². The van der Waals surface area contributed by atoms with E-state index in [1.807, 2.05) is 0 Å². The first-order valence-electron chi connectivity index (χ1n) is 8.50. The minimum atomic E-state index is -3.70. The number of nitrogens with two attached hydrogens (primary N) is 1. The fraction of sp³-hybridized carbons (Fsp3) is 0.588. The molecule has 26 heavy (non-hydrogen) atoms. The fourth-order valence-corrected chi connectivity index (χ4v) is 3.97. The van der Waals surface area contributed by atoms with E-state index < -0.39 is 15.6 Å². The molecule has 1 aliphatic carbocycles. The summed E-state index contributed by atoms with van der Waals surface area (Å²) in [5, 5.41) is 2.77. The van der Waals surface area contributed by atoms with Crippen molar-refractivity contribution in [2.45, 2.75) is 49.5 Å². The van der Waals surface area contributed by atoms with Gasteiger partial charge in [-0.25, -0.2) is 12.7 Å². The normalized spacial score (nSPS) is 16.7. The van der Waals surface area contributed by atoms with Gasteiger partial charge >= 0.3 is 0 Å². The number of ether oxygens (including phenoxy) is 1. The molecule has 0 bridgehead atoms. The SMILES string of the molecule is CCOc1ccc(NC(=O)C2(N)CCCCC2)cc1S(=O)(=O)N(C)C.Cl. The summed E-state index contributed by atoms with van der Waals surface area (Å²) < 4.78 is 31.6. The van der Waals surface area contributed by atoms with Gasteiger partial charge in [0.25, 0.3) is 0 Å². The van der Waals surface area contributed by atoms with Crippen molar-refractivity contribution in [2.24, 2.45) is 5.73 Å². The van der Waals surface area contributed by atoms with Crippen molar-refractivity contribution < 1.29 is 17.9 Å². The number of sulfonamides is 1. The van der Waals surface area contributed by atoms with E-state index in [1.54, 1.807) is 19.1 Å². The molecule has 1 amide bonds. The smallest absolute Gasteiger partial charge is 0.246 e. The maximum absolute atomic E-state index is 12.6. The van der Waals surface area contributed by atoms with Gasteiger partial charge in [-0.1, -0.05) is 19.3 Å². The first-order chi connectivity index (χ1) is 11.7. The molecule has 1 aromatic rings. The Bertz CT molecular complexity index is 732. The Morgan fingerprint density at radius 3 is 2.42 bits per heavy atom. The average molecular weight is 406 g/mol. The number of hydrogen-bond acceptors (Lipinski definition) is 5. The van der Waals surface area contributed by atoms with Gasteiger partial charge in [0, 0.05) is 19.8 Å². The number of amides is 1. The van der Waals surface area contributed by atoms with Crippen molar-refractivity contribution in [1.29, 1.82) is 0 Å². The number of carbonyl (C=O) groups excluding carboxylic acids is 1. The molecule has 0 heterocycles. The minimum Gasteiger partial charge on any atom is -0.492 e. The molecule has 0 aliphatic heterocycles. The van der Waals surface area contributed by atoms with Crippen LogP contribution in [-0.4, -0.2) is 44.9 Å². The average Bonchev–Trinajstić information content (AvgIpc) is 2.56. The number of hydrogen-bond donors (Lipinski definition) is 2. The van der Waals surface area contributed by atoms with Gasteiger partial charge in [-0.2, -0.15) is 0 Å². The molecule has 7 nitrogen and oxygen atoms in total. The van der Waals surface area contributed by atoms with Gasteiger partial charge in [-0.15, -0.1) is 12.4 Å². The van der Waals surface area contributed by atoms with Crippen molar-refractivity contribution >= 4 is 34.0 Å². The van der Waals surface area contributed by atoms with E-state index >= 15 is 0 Å². The number of benzene rings is 1. The highest BCUT2D eigenvalue weighted by atomic mass is 35.5. The molecule has 0 saturated heterocycles. The Morgan fingerprint density at radius 2 is 1.88 bits per heavy atom. The van der Waals surface area contributed by atoms with Crippen LogP contribution in [0.1, 0.15) is 39.0 Å².